The number of carbonyl (C=O) groups excluding carboxylic acids is 1. The predicted octanol–water partition coefficient (Wildman–Crippen LogP) is 4.16. The van der Waals surface area contributed by atoms with Gasteiger partial charge < -0.3 is 15.4 Å². The van der Waals surface area contributed by atoms with Crippen molar-refractivity contribution in [2.75, 3.05) is 25.5 Å². The van der Waals surface area contributed by atoms with Gasteiger partial charge in [-0.2, -0.15) is 5.10 Å². The van der Waals surface area contributed by atoms with Gasteiger partial charge in [-0.3, -0.25) is 9.78 Å². The first-order chi connectivity index (χ1) is 16.9. The zero-order chi connectivity index (χ0) is 24.9. The molecule has 182 valence electrons. The minimum Gasteiger partial charge on any atom is -0.369 e. The van der Waals surface area contributed by atoms with E-state index in [2.05, 4.69) is 30.7 Å². The number of anilines is 1. The Morgan fingerprint density at radius 3 is 2.80 bits per heavy atom. The number of carbonyl (C=O) groups is 1. The van der Waals surface area contributed by atoms with Crippen molar-refractivity contribution >= 4 is 22.6 Å². The number of hydrogen-bond donors (Lipinski definition) is 2. The second-order valence-corrected chi connectivity index (χ2v) is 8.14. The van der Waals surface area contributed by atoms with E-state index in [1.54, 1.807) is 16.9 Å². The number of para-hydroxylation sites is 1. The zero-order valence-electron chi connectivity index (χ0n) is 20.1. The Bertz CT molecular complexity index is 1340. The summed E-state index contributed by atoms with van der Waals surface area (Å²) >= 11 is 0. The molecule has 4 rings (SSSR count). The highest BCUT2D eigenvalue weighted by Crippen LogP contribution is 2.28. The standard InChI is InChI=1S/C25H28FN7O2/c1-5-35-16(3)33-13-17(11-32-33)21-9-22(31-14-30-21)28-10-15(2)18-7-6-8-19-23(25(34)27-4)20(26)12-29-24(18)19/h6-9,11-16H,5,10H2,1-4H3,(H,27,34)(H,28,30,31)/t15-,16?/m1/s1. The quantitative estimate of drug-likeness (QED) is 0.373. The third kappa shape index (κ3) is 5.12. The molecule has 0 saturated heterocycles. The maximum absolute atomic E-state index is 14.4. The van der Waals surface area contributed by atoms with Crippen molar-refractivity contribution < 1.29 is 13.9 Å². The smallest absolute Gasteiger partial charge is 0.254 e. The lowest BCUT2D eigenvalue weighted by molar-refractivity contribution is 0.0160. The first-order valence-corrected chi connectivity index (χ1v) is 11.4. The maximum Gasteiger partial charge on any atom is 0.254 e. The molecule has 1 aromatic carbocycles. The number of hydrogen-bond acceptors (Lipinski definition) is 7. The molecule has 0 saturated carbocycles. The number of ether oxygens (including phenoxy) is 1. The number of aromatic nitrogens is 5. The van der Waals surface area contributed by atoms with Gasteiger partial charge in [0.2, 0.25) is 0 Å². The fourth-order valence-corrected chi connectivity index (χ4v) is 3.94. The average molecular weight is 478 g/mol. The van der Waals surface area contributed by atoms with Gasteiger partial charge in [0.15, 0.2) is 5.82 Å². The van der Waals surface area contributed by atoms with Gasteiger partial charge in [-0.25, -0.2) is 19.0 Å². The SMILES string of the molecule is CCOC(C)n1cc(-c2cc(NC[C@@H](C)c3cccc4c(C(=O)NC)c(F)cnc34)ncn2)cn1. The number of halogens is 1. The van der Waals surface area contributed by atoms with E-state index in [1.165, 1.54) is 13.4 Å². The van der Waals surface area contributed by atoms with Crippen LogP contribution in [-0.4, -0.2) is 50.8 Å². The van der Waals surface area contributed by atoms with E-state index in [9.17, 15) is 9.18 Å². The second-order valence-electron chi connectivity index (χ2n) is 8.14. The van der Waals surface area contributed by atoms with Crippen LogP contribution in [0.3, 0.4) is 0 Å². The molecule has 0 bridgehead atoms. The summed E-state index contributed by atoms with van der Waals surface area (Å²) in [6.07, 6.45) is 6.07. The van der Waals surface area contributed by atoms with E-state index in [4.69, 9.17) is 4.74 Å². The van der Waals surface area contributed by atoms with Crippen molar-refractivity contribution in [3.63, 3.8) is 0 Å². The summed E-state index contributed by atoms with van der Waals surface area (Å²) in [5.74, 6) is -0.460. The topological polar surface area (TPSA) is 107 Å². The Morgan fingerprint density at radius 2 is 2.03 bits per heavy atom. The van der Waals surface area contributed by atoms with Crippen LogP contribution in [0.1, 0.15) is 48.8 Å². The summed E-state index contributed by atoms with van der Waals surface area (Å²) in [4.78, 5) is 25.2. The summed E-state index contributed by atoms with van der Waals surface area (Å²) in [6.45, 7) is 7.06. The summed E-state index contributed by atoms with van der Waals surface area (Å²) in [5.41, 5.74) is 3.10. The van der Waals surface area contributed by atoms with Gasteiger partial charge in [-0.05, 0) is 19.4 Å². The van der Waals surface area contributed by atoms with Crippen molar-refractivity contribution in [2.24, 2.45) is 0 Å². The lowest BCUT2D eigenvalue weighted by Gasteiger charge is -2.16. The Kier molecular flexibility index (Phi) is 7.31. The molecule has 9 nitrogen and oxygen atoms in total. The Morgan fingerprint density at radius 1 is 1.20 bits per heavy atom. The maximum atomic E-state index is 14.4. The van der Waals surface area contributed by atoms with Gasteiger partial charge >= 0.3 is 0 Å². The van der Waals surface area contributed by atoms with Crippen LogP contribution >= 0.6 is 0 Å². The van der Waals surface area contributed by atoms with E-state index < -0.39 is 11.7 Å². The van der Waals surface area contributed by atoms with Crippen molar-refractivity contribution in [3.05, 3.63) is 66.1 Å². The van der Waals surface area contributed by atoms with Gasteiger partial charge in [0, 0.05) is 49.3 Å². The van der Waals surface area contributed by atoms with Crippen LogP contribution in [0, 0.1) is 5.82 Å². The number of benzene rings is 1. The first-order valence-electron chi connectivity index (χ1n) is 11.4. The Hall–Kier alpha value is -3.92. The molecule has 0 fully saturated rings. The van der Waals surface area contributed by atoms with E-state index in [0.29, 0.717) is 29.9 Å². The average Bonchev–Trinajstić information content (AvgIpc) is 3.37. The number of fused-ring (bicyclic) bond motifs is 1. The minimum absolute atomic E-state index is 0.000784. The summed E-state index contributed by atoms with van der Waals surface area (Å²) in [5, 5.41) is 10.7. The molecule has 0 aliphatic carbocycles. The van der Waals surface area contributed by atoms with Crippen LogP contribution in [-0.2, 0) is 4.74 Å². The highest BCUT2D eigenvalue weighted by atomic mass is 19.1. The number of nitrogens with one attached hydrogen (secondary N) is 2. The molecule has 3 aromatic heterocycles. The largest absolute Gasteiger partial charge is 0.369 e. The molecule has 1 unspecified atom stereocenters. The van der Waals surface area contributed by atoms with E-state index >= 15 is 0 Å². The van der Waals surface area contributed by atoms with Crippen molar-refractivity contribution in [3.8, 4) is 11.3 Å². The lowest BCUT2D eigenvalue weighted by Crippen LogP contribution is -2.20. The molecule has 2 atom stereocenters. The highest BCUT2D eigenvalue weighted by Gasteiger charge is 2.19. The fraction of sp³-hybridized carbons (Fsp3) is 0.320. The van der Waals surface area contributed by atoms with Crippen molar-refractivity contribution in [1.82, 2.24) is 30.0 Å². The summed E-state index contributed by atoms with van der Waals surface area (Å²) in [6, 6.07) is 7.32. The Labute approximate surface area is 202 Å². The number of rotatable bonds is 9. The monoisotopic (exact) mass is 477 g/mol. The lowest BCUT2D eigenvalue weighted by atomic mass is 9.96. The van der Waals surface area contributed by atoms with Crippen LogP contribution in [0.4, 0.5) is 10.2 Å². The molecular weight excluding hydrogens is 449 g/mol. The molecule has 35 heavy (non-hydrogen) atoms. The first kappa shape index (κ1) is 24.2. The fourth-order valence-electron chi connectivity index (χ4n) is 3.94. The van der Waals surface area contributed by atoms with Crippen LogP contribution < -0.4 is 10.6 Å². The minimum atomic E-state index is -0.646. The molecule has 2 N–H and O–H groups in total. The van der Waals surface area contributed by atoms with Crippen molar-refractivity contribution in [1.29, 1.82) is 0 Å². The molecule has 3 heterocycles. The van der Waals surface area contributed by atoms with Crippen molar-refractivity contribution in [2.45, 2.75) is 32.9 Å². The normalized spacial score (nSPS) is 12.9. The van der Waals surface area contributed by atoms with Gasteiger partial charge in [-0.1, -0.05) is 25.1 Å². The Balaban J connectivity index is 1.53. The molecule has 0 aliphatic heterocycles. The van der Waals surface area contributed by atoms with Crippen LogP contribution in [0.25, 0.3) is 22.2 Å². The molecular formula is C25H28FN7O2. The highest BCUT2D eigenvalue weighted by molar-refractivity contribution is 6.06. The van der Waals surface area contributed by atoms with E-state index in [0.717, 1.165) is 23.0 Å². The number of nitrogens with zero attached hydrogens (tertiary/aromatic N) is 5. The number of amides is 1. The molecule has 4 aromatic rings. The predicted molar refractivity (Wildman–Crippen MR) is 132 cm³/mol. The third-order valence-electron chi connectivity index (χ3n) is 5.80. The van der Waals surface area contributed by atoms with E-state index in [-0.39, 0.29) is 17.7 Å². The van der Waals surface area contributed by atoms with Crippen LogP contribution in [0.2, 0.25) is 0 Å². The van der Waals surface area contributed by atoms with E-state index in [1.807, 2.05) is 45.2 Å². The molecule has 10 heteroatoms. The molecule has 0 aliphatic rings. The van der Waals surface area contributed by atoms with Crippen LogP contribution in [0.5, 0.6) is 0 Å². The molecule has 1 amide bonds. The van der Waals surface area contributed by atoms with Gasteiger partial charge in [0.1, 0.15) is 18.4 Å². The molecule has 0 radical (unpaired) electrons. The second kappa shape index (κ2) is 10.6. The summed E-state index contributed by atoms with van der Waals surface area (Å²) < 4.78 is 21.7. The summed E-state index contributed by atoms with van der Waals surface area (Å²) in [7, 11) is 1.48. The van der Waals surface area contributed by atoms with Gasteiger partial charge in [0.25, 0.3) is 5.91 Å². The zero-order valence-corrected chi connectivity index (χ0v) is 20.1. The van der Waals surface area contributed by atoms with Crippen LogP contribution in [0.15, 0.2) is 49.2 Å². The van der Waals surface area contributed by atoms with Gasteiger partial charge in [-0.15, -0.1) is 0 Å². The van der Waals surface area contributed by atoms with Gasteiger partial charge in [0.05, 0.1) is 29.2 Å². The third-order valence-corrected chi connectivity index (χ3v) is 5.80. The molecule has 0 spiro atoms. The number of pyridine rings is 1.